The zero-order valence-electron chi connectivity index (χ0n) is 35.3. The number of rotatable bonds is 5. The molecule has 324 valence electrons. The van der Waals surface area contributed by atoms with E-state index >= 15 is 8.78 Å². The lowest BCUT2D eigenvalue weighted by atomic mass is 9.89. The molecule has 3 fully saturated rings. The number of piperazine rings is 1. The topological polar surface area (TPSA) is 160 Å². The number of amides is 4. The molecule has 15 nitrogen and oxygen atoms in total. The first-order valence-electron chi connectivity index (χ1n) is 21.3. The van der Waals surface area contributed by atoms with E-state index in [1.54, 1.807) is 27.9 Å². The number of halogens is 2. The summed E-state index contributed by atoms with van der Waals surface area (Å²) in [7, 11) is 1.83. The van der Waals surface area contributed by atoms with Crippen LogP contribution in [0.4, 0.5) is 20.4 Å². The largest absolute Gasteiger partial charge is 0.477 e. The van der Waals surface area contributed by atoms with Gasteiger partial charge in [-0.05, 0) is 80.5 Å². The van der Waals surface area contributed by atoms with Crippen LogP contribution >= 0.6 is 0 Å². The number of nitrogens with zero attached hydrogens (tertiary/aromatic N) is 8. The Labute approximate surface area is 357 Å². The van der Waals surface area contributed by atoms with Gasteiger partial charge in [0.1, 0.15) is 11.6 Å². The van der Waals surface area contributed by atoms with Crippen LogP contribution < -0.4 is 20.3 Å². The highest BCUT2D eigenvalue weighted by molar-refractivity contribution is 6.05. The first kappa shape index (κ1) is 41.1. The van der Waals surface area contributed by atoms with Crippen LogP contribution in [-0.2, 0) is 34.5 Å². The van der Waals surface area contributed by atoms with Gasteiger partial charge in [-0.25, -0.2) is 18.4 Å². The van der Waals surface area contributed by atoms with Crippen molar-refractivity contribution in [2.24, 2.45) is 18.9 Å². The Hall–Kier alpha value is -6.23. The molecule has 0 radical (unpaired) electrons. The van der Waals surface area contributed by atoms with Gasteiger partial charge in [0.2, 0.25) is 29.5 Å². The monoisotopic (exact) mass is 848 g/mol. The molecule has 3 aromatic heterocycles. The number of hydrogen-bond acceptors (Lipinski definition) is 10. The van der Waals surface area contributed by atoms with Gasteiger partial charge in [-0.1, -0.05) is 13.0 Å². The lowest BCUT2D eigenvalue weighted by Crippen LogP contribution is -2.58. The summed E-state index contributed by atoms with van der Waals surface area (Å²) in [5, 5.41) is 9.69. The van der Waals surface area contributed by atoms with Crippen molar-refractivity contribution in [2.75, 3.05) is 56.1 Å². The van der Waals surface area contributed by atoms with Gasteiger partial charge in [0, 0.05) is 88.3 Å². The molecule has 0 saturated carbocycles. The van der Waals surface area contributed by atoms with Gasteiger partial charge in [0.25, 0.3) is 5.91 Å². The van der Waals surface area contributed by atoms with Crippen LogP contribution in [0.5, 0.6) is 5.88 Å². The highest BCUT2D eigenvalue weighted by Crippen LogP contribution is 2.36. The third-order valence-electron chi connectivity index (χ3n) is 12.6. The number of pyridine rings is 1. The first-order valence-corrected chi connectivity index (χ1v) is 21.3. The Morgan fingerprint density at radius 1 is 0.919 bits per heavy atom. The first-order chi connectivity index (χ1) is 29.8. The number of aromatic nitrogens is 5. The van der Waals surface area contributed by atoms with E-state index in [1.807, 2.05) is 25.8 Å². The summed E-state index contributed by atoms with van der Waals surface area (Å²) in [6.45, 7) is 11.1. The minimum atomic E-state index is -1.06. The van der Waals surface area contributed by atoms with Crippen LogP contribution in [-0.4, -0.2) is 104 Å². The molecule has 4 aliphatic heterocycles. The number of carbonyl (C=O) groups is 4. The molecular formula is C45H50F2N10O5. The van der Waals surface area contributed by atoms with E-state index in [9.17, 15) is 19.2 Å². The fourth-order valence-corrected chi connectivity index (χ4v) is 9.27. The second kappa shape index (κ2) is 16.6. The van der Waals surface area contributed by atoms with Crippen LogP contribution in [0.15, 0.2) is 42.6 Å². The molecule has 4 amide bonds. The quantitative estimate of drug-likeness (QED) is 0.228. The molecule has 7 heterocycles. The summed E-state index contributed by atoms with van der Waals surface area (Å²) >= 11 is 0. The highest BCUT2D eigenvalue weighted by Gasteiger charge is 2.38. The van der Waals surface area contributed by atoms with Crippen molar-refractivity contribution in [3.8, 4) is 17.1 Å². The Kier molecular flexibility index (Phi) is 11.0. The Morgan fingerprint density at radius 3 is 2.42 bits per heavy atom. The number of imide groups is 1. The van der Waals surface area contributed by atoms with Gasteiger partial charge < -0.3 is 19.1 Å². The van der Waals surface area contributed by atoms with Crippen LogP contribution in [0, 0.1) is 37.3 Å². The minimum Gasteiger partial charge on any atom is -0.477 e. The lowest BCUT2D eigenvalue weighted by Gasteiger charge is -2.44. The van der Waals surface area contributed by atoms with Crippen LogP contribution in [0.25, 0.3) is 22.3 Å². The van der Waals surface area contributed by atoms with E-state index in [1.165, 1.54) is 12.1 Å². The van der Waals surface area contributed by atoms with Gasteiger partial charge in [0.15, 0.2) is 0 Å². The third-order valence-corrected chi connectivity index (χ3v) is 12.6. The molecule has 3 saturated heterocycles. The second-order valence-electron chi connectivity index (χ2n) is 17.3. The number of piperidine rings is 1. The Balaban J connectivity index is 0.857. The van der Waals surface area contributed by atoms with E-state index in [-0.39, 0.29) is 42.1 Å². The van der Waals surface area contributed by atoms with Crippen molar-refractivity contribution >= 4 is 46.3 Å². The fourth-order valence-electron chi connectivity index (χ4n) is 9.27. The van der Waals surface area contributed by atoms with Crippen molar-refractivity contribution in [2.45, 2.75) is 65.5 Å². The predicted molar refractivity (Wildman–Crippen MR) is 227 cm³/mol. The van der Waals surface area contributed by atoms with Gasteiger partial charge in [-0.15, -0.1) is 0 Å². The third kappa shape index (κ3) is 8.00. The predicted octanol–water partition coefficient (Wildman–Crippen LogP) is 5.09. The summed E-state index contributed by atoms with van der Waals surface area (Å²) in [6, 6.07) is 10.2. The molecule has 0 aliphatic carbocycles. The molecule has 17 heteroatoms. The fraction of sp³-hybridized carbons (Fsp3) is 0.444. The molecule has 0 unspecified atom stereocenters. The van der Waals surface area contributed by atoms with Crippen molar-refractivity contribution in [3.63, 3.8) is 0 Å². The van der Waals surface area contributed by atoms with Crippen molar-refractivity contribution < 1.29 is 32.7 Å². The molecular weight excluding hydrogens is 799 g/mol. The van der Waals surface area contributed by atoms with Crippen molar-refractivity contribution in [1.29, 1.82) is 0 Å². The number of fused-ring (bicyclic) bond motifs is 7. The zero-order valence-corrected chi connectivity index (χ0v) is 35.3. The molecule has 62 heavy (non-hydrogen) atoms. The van der Waals surface area contributed by atoms with Gasteiger partial charge in [-0.2, -0.15) is 5.10 Å². The number of ether oxygens (including phenoxy) is 1. The number of carbonyl (C=O) groups excluding carboxylic acids is 4. The summed E-state index contributed by atoms with van der Waals surface area (Å²) in [5.41, 5.74) is 6.36. The van der Waals surface area contributed by atoms with E-state index < -0.39 is 29.4 Å². The number of imidazole rings is 1. The number of nitrogens with one attached hydrogen (secondary N) is 2. The molecule has 2 atom stereocenters. The maximum Gasteiger partial charge on any atom is 0.258 e. The molecule has 2 aromatic carbocycles. The number of hydrogen-bond donors (Lipinski definition) is 2. The minimum absolute atomic E-state index is 0.0208. The molecule has 0 spiro atoms. The summed E-state index contributed by atoms with van der Waals surface area (Å²) in [4.78, 5) is 66.9. The molecule has 4 aliphatic rings. The smallest absolute Gasteiger partial charge is 0.258 e. The van der Waals surface area contributed by atoms with Crippen LogP contribution in [0.2, 0.25) is 0 Å². The maximum atomic E-state index is 15.2. The van der Waals surface area contributed by atoms with E-state index in [0.29, 0.717) is 93.4 Å². The summed E-state index contributed by atoms with van der Waals surface area (Å²) in [5.74, 6) is -3.08. The SMILES string of the molecule is Cc1cc2cc(n1)-c1cnn(C)c1OCCC[C@H](C)Cn1c(nc3c(C)cc(CN4CCN(C(=O)C5CN(c6cc(F)c([C@H]7CCC(=O)NC7=O)c(F)c6)C5)CC4)cc31)NC2=O. The van der Waals surface area contributed by atoms with Crippen molar-refractivity contribution in [3.05, 3.63) is 82.2 Å². The van der Waals surface area contributed by atoms with E-state index in [2.05, 4.69) is 44.3 Å². The molecule has 9 rings (SSSR count). The highest BCUT2D eigenvalue weighted by atomic mass is 19.1. The standard InChI is InChI=1S/C45H50F2N10O5/c1-25-6-5-13-62-44-33(20-48-53(44)4)36-17-29(15-27(3)49-36)41(59)52-45-51-40-26(2)14-28(16-37(40)57(45)21-25)22-54-9-11-55(12-10-54)43(61)30-23-56(24-30)31-18-34(46)39(35(47)19-31)32-7-8-38(58)50-42(32)60/h14-20,25,30,32H,5-13,21-24H2,1-4H3,(H,50,58,60)(H,51,52,59)/t25-,32+/m0/s1. The summed E-state index contributed by atoms with van der Waals surface area (Å²) in [6.07, 6.45) is 3.50. The second-order valence-corrected chi connectivity index (χ2v) is 17.3. The van der Waals surface area contributed by atoms with E-state index in [4.69, 9.17) is 14.7 Å². The number of anilines is 2. The lowest BCUT2D eigenvalue weighted by molar-refractivity contribution is -0.138. The normalized spacial score (nSPS) is 20.4. The van der Waals surface area contributed by atoms with Crippen LogP contribution in [0.3, 0.4) is 0 Å². The van der Waals surface area contributed by atoms with Crippen molar-refractivity contribution in [1.82, 2.24) is 39.4 Å². The maximum absolute atomic E-state index is 15.2. The van der Waals surface area contributed by atoms with Gasteiger partial charge in [0.05, 0.1) is 46.9 Å². The Bertz CT molecular complexity index is 2590. The average molecular weight is 849 g/mol. The molecule has 2 bridgehead atoms. The van der Waals surface area contributed by atoms with Crippen LogP contribution in [0.1, 0.15) is 71.3 Å². The zero-order chi connectivity index (χ0) is 43.4. The van der Waals surface area contributed by atoms with E-state index in [0.717, 1.165) is 40.6 Å². The molecule has 2 N–H and O–H groups in total. The average Bonchev–Trinajstić information content (AvgIpc) is 3.75. The summed E-state index contributed by atoms with van der Waals surface area (Å²) < 4.78 is 40.4. The molecule has 5 aromatic rings. The Morgan fingerprint density at radius 2 is 1.68 bits per heavy atom. The number of benzene rings is 2. The number of aryl methyl sites for hydroxylation is 3. The van der Waals surface area contributed by atoms with Gasteiger partial charge >= 0.3 is 0 Å². The van der Waals surface area contributed by atoms with Gasteiger partial charge in [-0.3, -0.25) is 39.7 Å².